The molecule has 22 heavy (non-hydrogen) atoms. The molecular weight excluding hydrogens is 288 g/mol. The molecule has 0 aliphatic heterocycles. The Morgan fingerprint density at radius 1 is 1.41 bits per heavy atom. The lowest BCUT2D eigenvalue weighted by molar-refractivity contribution is 0.0706. The fourth-order valence-corrected chi connectivity index (χ4v) is 2.14. The van der Waals surface area contributed by atoms with Crippen LogP contribution in [0.15, 0.2) is 29.2 Å². The lowest BCUT2D eigenvalue weighted by atomic mass is 9.96. The predicted molar refractivity (Wildman–Crippen MR) is 83.5 cm³/mol. The van der Waals surface area contributed by atoms with Crippen LogP contribution in [0.25, 0.3) is 0 Å². The first-order chi connectivity index (χ1) is 10.3. The Morgan fingerprint density at radius 3 is 2.68 bits per heavy atom. The molecule has 1 heterocycles. The molecule has 0 bridgehead atoms. The Kier molecular flexibility index (Phi) is 4.32. The number of nitrogens with one attached hydrogen (secondary N) is 2. The number of carbonyl (C=O) groups excluding carboxylic acids is 1. The van der Waals surface area contributed by atoms with E-state index < -0.39 is 11.7 Å². The third kappa shape index (κ3) is 2.87. The average Bonchev–Trinajstić information content (AvgIpc) is 2.49. The molecule has 0 atom stereocenters. The summed E-state index contributed by atoms with van der Waals surface area (Å²) in [5.74, 6) is -1.30. The van der Waals surface area contributed by atoms with Gasteiger partial charge in [-0.05, 0) is 19.1 Å². The molecule has 1 aromatic heterocycles. The van der Waals surface area contributed by atoms with Crippen molar-refractivity contribution in [2.75, 3.05) is 5.32 Å². The molecule has 114 valence electrons. The summed E-state index contributed by atoms with van der Waals surface area (Å²) in [6.45, 7) is 1.52. The summed E-state index contributed by atoms with van der Waals surface area (Å²) in [5, 5.41) is 11.6. The minimum absolute atomic E-state index is 0.0297. The SMILES string of the molecule is Bc1ccc(Nc2c(C(=O)NO)cn(C)c(=O)c2C)c(F)c1. The molecule has 0 radical (unpaired) electrons. The second kappa shape index (κ2) is 6.02. The van der Waals surface area contributed by atoms with Crippen LogP contribution in [0, 0.1) is 12.7 Å². The van der Waals surface area contributed by atoms with Crippen LogP contribution in [-0.2, 0) is 7.05 Å². The van der Waals surface area contributed by atoms with Crippen LogP contribution < -0.4 is 21.8 Å². The van der Waals surface area contributed by atoms with Gasteiger partial charge in [-0.3, -0.25) is 14.8 Å². The molecule has 0 unspecified atom stereocenters. The molecule has 0 fully saturated rings. The molecule has 0 spiro atoms. The number of hydroxylamine groups is 1. The van der Waals surface area contributed by atoms with Gasteiger partial charge in [0.05, 0.1) is 16.9 Å². The minimum atomic E-state index is -0.797. The van der Waals surface area contributed by atoms with Crippen molar-refractivity contribution < 1.29 is 14.4 Å². The summed E-state index contributed by atoms with van der Waals surface area (Å²) in [6.07, 6.45) is 1.27. The van der Waals surface area contributed by atoms with Gasteiger partial charge < -0.3 is 9.88 Å². The molecule has 0 saturated heterocycles. The fraction of sp³-hybridized carbons (Fsp3) is 0.143. The molecular formula is C14H15BFN3O3. The second-order valence-electron chi connectivity index (χ2n) is 5.01. The maximum absolute atomic E-state index is 14.0. The summed E-state index contributed by atoms with van der Waals surface area (Å²) in [6, 6.07) is 4.56. The number of hydrogen-bond acceptors (Lipinski definition) is 4. The normalized spacial score (nSPS) is 10.4. The Bertz CT molecular complexity index is 805. The van der Waals surface area contributed by atoms with Gasteiger partial charge in [0.1, 0.15) is 13.7 Å². The van der Waals surface area contributed by atoms with E-state index in [0.29, 0.717) is 0 Å². The van der Waals surface area contributed by atoms with Gasteiger partial charge in [0.15, 0.2) is 0 Å². The molecule has 8 heteroatoms. The number of carbonyl (C=O) groups is 1. The van der Waals surface area contributed by atoms with Crippen LogP contribution in [0.4, 0.5) is 15.8 Å². The Labute approximate surface area is 127 Å². The van der Waals surface area contributed by atoms with Crippen molar-refractivity contribution in [3.05, 3.63) is 51.7 Å². The number of pyridine rings is 1. The van der Waals surface area contributed by atoms with Gasteiger partial charge in [0.25, 0.3) is 11.5 Å². The Hall–Kier alpha value is -2.61. The number of anilines is 2. The van der Waals surface area contributed by atoms with Crippen molar-refractivity contribution in [3.63, 3.8) is 0 Å². The number of benzene rings is 1. The highest BCUT2D eigenvalue weighted by Gasteiger charge is 2.18. The highest BCUT2D eigenvalue weighted by molar-refractivity contribution is 6.32. The third-order valence-electron chi connectivity index (χ3n) is 3.34. The Balaban J connectivity index is 2.60. The van der Waals surface area contributed by atoms with E-state index in [4.69, 9.17) is 5.21 Å². The monoisotopic (exact) mass is 303 g/mol. The third-order valence-corrected chi connectivity index (χ3v) is 3.34. The van der Waals surface area contributed by atoms with Gasteiger partial charge >= 0.3 is 0 Å². The van der Waals surface area contributed by atoms with E-state index in [1.165, 1.54) is 42.3 Å². The molecule has 2 aromatic rings. The smallest absolute Gasteiger partial charge is 0.278 e. The predicted octanol–water partition coefficient (Wildman–Crippen LogP) is -0.0462. The number of rotatable bonds is 3. The number of aryl methyl sites for hydroxylation is 1. The van der Waals surface area contributed by atoms with Crippen LogP contribution >= 0.6 is 0 Å². The van der Waals surface area contributed by atoms with Crippen molar-refractivity contribution in [2.24, 2.45) is 7.05 Å². The number of hydrogen-bond donors (Lipinski definition) is 3. The molecule has 0 aliphatic rings. The number of amides is 1. The van der Waals surface area contributed by atoms with E-state index in [2.05, 4.69) is 5.32 Å². The molecule has 6 nitrogen and oxygen atoms in total. The van der Waals surface area contributed by atoms with Gasteiger partial charge in [-0.1, -0.05) is 11.5 Å². The summed E-state index contributed by atoms with van der Waals surface area (Å²) < 4.78 is 15.2. The first kappa shape index (κ1) is 15.8. The zero-order chi connectivity index (χ0) is 16.4. The average molecular weight is 303 g/mol. The largest absolute Gasteiger partial charge is 0.352 e. The van der Waals surface area contributed by atoms with E-state index in [1.54, 1.807) is 13.9 Å². The van der Waals surface area contributed by atoms with E-state index in [9.17, 15) is 14.0 Å². The second-order valence-corrected chi connectivity index (χ2v) is 5.01. The van der Waals surface area contributed by atoms with E-state index in [1.807, 2.05) is 0 Å². The maximum atomic E-state index is 14.0. The quantitative estimate of drug-likeness (QED) is 0.422. The standard InChI is InChI=1S/C14H15BFN3O3/c1-7-12(17-11-4-3-8(15)5-10(11)16)9(13(20)18-22)6-19(2)14(7)21/h3-6,17,22H,15H2,1-2H3,(H,18,20). The zero-order valence-corrected chi connectivity index (χ0v) is 12.4. The van der Waals surface area contributed by atoms with E-state index in [-0.39, 0.29) is 28.1 Å². The topological polar surface area (TPSA) is 83.4 Å². The van der Waals surface area contributed by atoms with Gasteiger partial charge in [-0.25, -0.2) is 9.87 Å². The summed E-state index contributed by atoms with van der Waals surface area (Å²) in [4.78, 5) is 23.8. The van der Waals surface area contributed by atoms with Crippen LogP contribution in [-0.4, -0.2) is 23.5 Å². The van der Waals surface area contributed by atoms with Gasteiger partial charge in [-0.15, -0.1) is 0 Å². The minimum Gasteiger partial charge on any atom is -0.352 e. The number of nitrogens with zero attached hydrogens (tertiary/aromatic N) is 1. The van der Waals surface area contributed by atoms with E-state index >= 15 is 0 Å². The first-order valence-corrected chi connectivity index (χ1v) is 6.53. The van der Waals surface area contributed by atoms with E-state index in [0.717, 1.165) is 5.46 Å². The Morgan fingerprint density at radius 2 is 2.09 bits per heavy atom. The highest BCUT2D eigenvalue weighted by Crippen LogP contribution is 2.24. The maximum Gasteiger partial charge on any atom is 0.278 e. The summed E-state index contributed by atoms with van der Waals surface area (Å²) in [7, 11) is 3.24. The lowest BCUT2D eigenvalue weighted by Gasteiger charge is -2.15. The highest BCUT2D eigenvalue weighted by atomic mass is 19.1. The molecule has 3 N–H and O–H groups in total. The fourth-order valence-electron chi connectivity index (χ4n) is 2.14. The molecule has 2 rings (SSSR count). The summed E-state index contributed by atoms with van der Waals surface area (Å²) in [5.41, 5.74) is 2.49. The van der Waals surface area contributed by atoms with Gasteiger partial charge in [-0.2, -0.15) is 0 Å². The molecule has 0 aliphatic carbocycles. The lowest BCUT2D eigenvalue weighted by Crippen LogP contribution is -2.27. The van der Waals surface area contributed by atoms with Gasteiger partial charge in [0.2, 0.25) is 0 Å². The molecule has 1 amide bonds. The van der Waals surface area contributed by atoms with Crippen LogP contribution in [0.3, 0.4) is 0 Å². The van der Waals surface area contributed by atoms with Crippen molar-refractivity contribution in [2.45, 2.75) is 6.92 Å². The van der Waals surface area contributed by atoms with Crippen molar-refractivity contribution >= 4 is 30.6 Å². The summed E-state index contributed by atoms with van der Waals surface area (Å²) >= 11 is 0. The van der Waals surface area contributed by atoms with Gasteiger partial charge in [0, 0.05) is 18.8 Å². The molecule has 0 saturated carbocycles. The first-order valence-electron chi connectivity index (χ1n) is 6.53. The van der Waals surface area contributed by atoms with Crippen LogP contribution in [0.1, 0.15) is 15.9 Å². The molecule has 1 aromatic carbocycles. The number of aromatic nitrogens is 1. The zero-order valence-electron chi connectivity index (χ0n) is 12.4. The number of halogens is 1. The van der Waals surface area contributed by atoms with Crippen LogP contribution in [0.5, 0.6) is 0 Å². The van der Waals surface area contributed by atoms with Crippen molar-refractivity contribution in [1.82, 2.24) is 10.0 Å². The van der Waals surface area contributed by atoms with Crippen molar-refractivity contribution in [1.29, 1.82) is 0 Å². The van der Waals surface area contributed by atoms with Crippen LogP contribution in [0.2, 0.25) is 0 Å². The van der Waals surface area contributed by atoms with Crippen molar-refractivity contribution in [3.8, 4) is 0 Å².